The number of hydrogen-bond acceptors (Lipinski definition) is 6. The van der Waals surface area contributed by atoms with Gasteiger partial charge in [0.05, 0.1) is 18.6 Å². The minimum absolute atomic E-state index is 0.133. The summed E-state index contributed by atoms with van der Waals surface area (Å²) in [5.74, 6) is -1.03. The molecule has 2 fully saturated rings. The fraction of sp³-hybridized carbons (Fsp3) is 0.464. The lowest BCUT2D eigenvalue weighted by Gasteiger charge is -2.32. The maximum absolute atomic E-state index is 13.6. The van der Waals surface area contributed by atoms with Crippen molar-refractivity contribution in [1.82, 2.24) is 15.1 Å². The second-order valence-corrected chi connectivity index (χ2v) is 10.0. The summed E-state index contributed by atoms with van der Waals surface area (Å²) in [7, 11) is 1.53. The van der Waals surface area contributed by atoms with Gasteiger partial charge in [0.1, 0.15) is 11.6 Å². The van der Waals surface area contributed by atoms with Crippen molar-refractivity contribution in [3.05, 3.63) is 58.9 Å². The molecule has 0 aromatic heterocycles. The molecule has 0 aliphatic carbocycles. The first-order valence-corrected chi connectivity index (χ1v) is 13.0. The minimum atomic E-state index is -0.628. The number of carbonyl (C=O) groups excluding carboxylic acids is 3. The molecule has 5 rings (SSSR count). The van der Waals surface area contributed by atoms with Crippen LogP contribution in [-0.4, -0.2) is 80.3 Å². The molecule has 8 nitrogen and oxygen atoms in total. The normalized spacial score (nSPS) is 19.8. The Balaban J connectivity index is 1.28. The van der Waals surface area contributed by atoms with Crippen molar-refractivity contribution in [3.63, 3.8) is 0 Å². The molecule has 3 heterocycles. The van der Waals surface area contributed by atoms with Crippen molar-refractivity contribution < 1.29 is 23.5 Å². The van der Waals surface area contributed by atoms with Crippen LogP contribution in [0.4, 0.5) is 10.1 Å². The van der Waals surface area contributed by atoms with Crippen molar-refractivity contribution in [1.29, 1.82) is 0 Å². The fourth-order valence-corrected chi connectivity index (χ4v) is 5.57. The average molecular weight is 509 g/mol. The summed E-state index contributed by atoms with van der Waals surface area (Å²) in [6, 6.07) is 10.1. The van der Waals surface area contributed by atoms with Crippen LogP contribution in [0.15, 0.2) is 36.4 Å². The number of piperidine rings is 1. The number of Topliss-reactive ketones (excluding diaryl/α,β-unsaturated/α-hetero) is 1. The topological polar surface area (TPSA) is 91.0 Å². The molecule has 1 unspecified atom stereocenters. The van der Waals surface area contributed by atoms with Gasteiger partial charge in [-0.1, -0.05) is 12.1 Å². The maximum atomic E-state index is 13.6. The van der Waals surface area contributed by atoms with Crippen LogP contribution in [0.3, 0.4) is 0 Å². The third-order valence-electron chi connectivity index (χ3n) is 7.74. The number of likely N-dealkylation sites (tertiary alicyclic amines) is 1. The first kappa shape index (κ1) is 25.2. The standard InChI is InChI=1S/C28H33FN4O4/c1-37-25-16-24-21(23(17-31-24)26(34)28(36)33-12-8-30-9-13-33)15-22(25)27(35)32-10-6-19(7-11-32)14-18-2-4-20(29)5-3-18/h2-5,15-16,19,23,30-31H,6-14,17H2,1H3. The number of hydrogen-bond donors (Lipinski definition) is 2. The number of halogens is 1. The Morgan fingerprint density at radius 1 is 1.00 bits per heavy atom. The molecule has 0 radical (unpaired) electrons. The molecule has 2 aromatic carbocycles. The quantitative estimate of drug-likeness (QED) is 0.583. The third-order valence-corrected chi connectivity index (χ3v) is 7.74. The van der Waals surface area contributed by atoms with Gasteiger partial charge in [-0.3, -0.25) is 14.4 Å². The first-order chi connectivity index (χ1) is 17.9. The minimum Gasteiger partial charge on any atom is -0.496 e. The molecule has 0 bridgehead atoms. The smallest absolute Gasteiger partial charge is 0.290 e. The number of benzene rings is 2. The van der Waals surface area contributed by atoms with Crippen LogP contribution in [0.5, 0.6) is 5.75 Å². The van der Waals surface area contributed by atoms with Crippen molar-refractivity contribution >= 4 is 23.3 Å². The van der Waals surface area contributed by atoms with Crippen LogP contribution < -0.4 is 15.4 Å². The second kappa shape index (κ2) is 10.9. The van der Waals surface area contributed by atoms with Crippen LogP contribution in [0, 0.1) is 11.7 Å². The summed E-state index contributed by atoms with van der Waals surface area (Å²) < 4.78 is 18.8. The number of amides is 2. The van der Waals surface area contributed by atoms with Crippen LogP contribution in [0.25, 0.3) is 0 Å². The number of ether oxygens (including phenoxy) is 1. The van der Waals surface area contributed by atoms with E-state index in [4.69, 9.17) is 4.74 Å². The van der Waals surface area contributed by atoms with Gasteiger partial charge in [0.15, 0.2) is 0 Å². The van der Waals surface area contributed by atoms with E-state index in [2.05, 4.69) is 10.6 Å². The number of rotatable bonds is 6. The third kappa shape index (κ3) is 5.32. The number of fused-ring (bicyclic) bond motifs is 1. The highest BCUT2D eigenvalue weighted by Crippen LogP contribution is 2.38. The van der Waals surface area contributed by atoms with E-state index >= 15 is 0 Å². The van der Waals surface area contributed by atoms with E-state index < -0.39 is 17.6 Å². The molecule has 2 N–H and O–H groups in total. The lowest BCUT2D eigenvalue weighted by molar-refractivity contribution is -0.145. The highest BCUT2D eigenvalue weighted by molar-refractivity contribution is 6.38. The molecule has 0 spiro atoms. The molecular formula is C28H33FN4O4. The van der Waals surface area contributed by atoms with E-state index in [0.717, 1.165) is 30.5 Å². The van der Waals surface area contributed by atoms with Gasteiger partial charge in [-0.2, -0.15) is 0 Å². The Morgan fingerprint density at radius 3 is 2.38 bits per heavy atom. The number of carbonyl (C=O) groups is 3. The average Bonchev–Trinajstić information content (AvgIpc) is 3.36. The highest BCUT2D eigenvalue weighted by Gasteiger charge is 2.37. The SMILES string of the molecule is COc1cc2c(cc1C(=O)N1CCC(Cc3ccc(F)cc3)CC1)C(C(=O)C(=O)N1CCNCC1)CN2. The number of nitrogens with one attached hydrogen (secondary N) is 2. The number of piperazine rings is 1. The lowest BCUT2D eigenvalue weighted by Crippen LogP contribution is -2.49. The van der Waals surface area contributed by atoms with E-state index in [1.165, 1.54) is 19.2 Å². The molecule has 3 aliphatic rings. The first-order valence-electron chi connectivity index (χ1n) is 13.0. The predicted molar refractivity (Wildman–Crippen MR) is 137 cm³/mol. The Kier molecular flexibility index (Phi) is 7.41. The van der Waals surface area contributed by atoms with Gasteiger partial charge in [0.2, 0.25) is 5.78 Å². The van der Waals surface area contributed by atoms with Crippen molar-refractivity contribution in [2.75, 3.05) is 58.2 Å². The molecule has 0 saturated carbocycles. The van der Waals surface area contributed by atoms with E-state index in [1.807, 2.05) is 17.0 Å². The van der Waals surface area contributed by atoms with Gasteiger partial charge < -0.3 is 25.2 Å². The Morgan fingerprint density at radius 2 is 1.70 bits per heavy atom. The number of anilines is 1. The van der Waals surface area contributed by atoms with Crippen LogP contribution >= 0.6 is 0 Å². The highest BCUT2D eigenvalue weighted by atomic mass is 19.1. The summed E-state index contributed by atoms with van der Waals surface area (Å²) in [5, 5.41) is 6.40. The number of ketones is 1. The zero-order valence-electron chi connectivity index (χ0n) is 21.1. The maximum Gasteiger partial charge on any atom is 0.290 e. The van der Waals surface area contributed by atoms with Crippen LogP contribution in [0.1, 0.15) is 40.2 Å². The molecule has 196 valence electrons. The van der Waals surface area contributed by atoms with Gasteiger partial charge in [-0.15, -0.1) is 0 Å². The molecule has 2 amide bonds. The summed E-state index contributed by atoms with van der Waals surface area (Å²) in [4.78, 5) is 43.0. The number of methoxy groups -OCH3 is 1. The largest absolute Gasteiger partial charge is 0.496 e. The van der Waals surface area contributed by atoms with E-state index in [-0.39, 0.29) is 11.7 Å². The van der Waals surface area contributed by atoms with Gasteiger partial charge in [0, 0.05) is 57.6 Å². The summed E-state index contributed by atoms with van der Waals surface area (Å²) in [6.07, 6.45) is 2.58. The summed E-state index contributed by atoms with van der Waals surface area (Å²) >= 11 is 0. The zero-order valence-corrected chi connectivity index (χ0v) is 21.1. The van der Waals surface area contributed by atoms with Gasteiger partial charge in [-0.05, 0) is 54.5 Å². The molecule has 1 atom stereocenters. The van der Waals surface area contributed by atoms with Gasteiger partial charge in [0.25, 0.3) is 11.8 Å². The van der Waals surface area contributed by atoms with Crippen molar-refractivity contribution in [2.45, 2.75) is 25.2 Å². The molecule has 2 saturated heterocycles. The van der Waals surface area contributed by atoms with Crippen LogP contribution in [-0.2, 0) is 16.0 Å². The molecular weight excluding hydrogens is 475 g/mol. The monoisotopic (exact) mass is 508 g/mol. The zero-order chi connectivity index (χ0) is 25.9. The van der Waals surface area contributed by atoms with Crippen LogP contribution in [0.2, 0.25) is 0 Å². The molecule has 37 heavy (non-hydrogen) atoms. The van der Waals surface area contributed by atoms with Crippen molar-refractivity contribution in [2.24, 2.45) is 5.92 Å². The Labute approximate surface area is 216 Å². The lowest BCUT2D eigenvalue weighted by atomic mass is 9.89. The van der Waals surface area contributed by atoms with Crippen molar-refractivity contribution in [3.8, 4) is 5.75 Å². The van der Waals surface area contributed by atoms with E-state index in [9.17, 15) is 18.8 Å². The molecule has 9 heteroatoms. The van der Waals surface area contributed by atoms with E-state index in [1.54, 1.807) is 17.0 Å². The predicted octanol–water partition coefficient (Wildman–Crippen LogP) is 2.44. The van der Waals surface area contributed by atoms with Gasteiger partial charge in [-0.25, -0.2) is 4.39 Å². The van der Waals surface area contributed by atoms with E-state index in [0.29, 0.717) is 68.6 Å². The number of nitrogens with zero attached hydrogens (tertiary/aromatic N) is 2. The summed E-state index contributed by atoms with van der Waals surface area (Å²) in [6.45, 7) is 3.94. The molecule has 2 aromatic rings. The fourth-order valence-electron chi connectivity index (χ4n) is 5.57. The second-order valence-electron chi connectivity index (χ2n) is 10.0. The summed E-state index contributed by atoms with van der Waals surface area (Å²) in [5.41, 5.74) is 2.90. The Hall–Kier alpha value is -3.46. The molecule has 3 aliphatic heterocycles. The Bertz CT molecular complexity index is 1170. The van der Waals surface area contributed by atoms with Gasteiger partial charge >= 0.3 is 0 Å².